The third-order valence-electron chi connectivity index (χ3n) is 5.01. The van der Waals surface area contributed by atoms with Crippen molar-refractivity contribution in [2.75, 3.05) is 18.4 Å². The molecule has 2 aliphatic rings. The molecule has 1 N–H and O–H groups in total. The topological polar surface area (TPSA) is 41.6 Å². The van der Waals surface area contributed by atoms with Gasteiger partial charge in [0.25, 0.3) is 0 Å². The Labute approximate surface area is 142 Å². The smallest absolute Gasteiger partial charge is 0.410 e. The number of ether oxygens (including phenoxy) is 1. The van der Waals surface area contributed by atoms with Crippen LogP contribution in [0.2, 0.25) is 0 Å². The van der Waals surface area contributed by atoms with Crippen LogP contribution in [0.5, 0.6) is 0 Å². The lowest BCUT2D eigenvalue weighted by molar-refractivity contribution is 0.0965. The molecule has 1 amide bonds. The van der Waals surface area contributed by atoms with Gasteiger partial charge in [-0.15, -0.1) is 0 Å². The van der Waals surface area contributed by atoms with Crippen LogP contribution in [0.4, 0.5) is 10.5 Å². The number of hydrogen-bond donors (Lipinski definition) is 1. The van der Waals surface area contributed by atoms with E-state index in [1.54, 1.807) is 0 Å². The minimum atomic E-state index is -0.211. The quantitative estimate of drug-likeness (QED) is 0.909. The lowest BCUT2D eigenvalue weighted by Crippen LogP contribution is -2.39. The molecule has 2 aromatic carbocycles. The molecular weight excluding hydrogens is 300 g/mol. The normalized spacial score (nSPS) is 22.1. The minimum Gasteiger partial charge on any atom is -0.445 e. The van der Waals surface area contributed by atoms with Gasteiger partial charge in [-0.3, -0.25) is 0 Å². The summed E-state index contributed by atoms with van der Waals surface area (Å²) >= 11 is 0. The van der Waals surface area contributed by atoms with Crippen LogP contribution in [0.15, 0.2) is 54.6 Å². The Hall–Kier alpha value is -2.49. The van der Waals surface area contributed by atoms with E-state index < -0.39 is 0 Å². The van der Waals surface area contributed by atoms with Crippen molar-refractivity contribution < 1.29 is 9.53 Å². The maximum absolute atomic E-state index is 12.5. The number of hydrogen-bond acceptors (Lipinski definition) is 3. The molecule has 1 saturated heterocycles. The zero-order chi connectivity index (χ0) is 16.4. The third kappa shape index (κ3) is 2.96. The highest BCUT2D eigenvalue weighted by atomic mass is 16.6. The highest BCUT2D eigenvalue weighted by Crippen LogP contribution is 2.40. The molecule has 2 atom stereocenters. The number of likely N-dealkylation sites (tertiary alicyclic amines) is 1. The monoisotopic (exact) mass is 322 g/mol. The minimum absolute atomic E-state index is 0.211. The van der Waals surface area contributed by atoms with Crippen LogP contribution in [0, 0.1) is 0 Å². The Bertz CT molecular complexity index is 717. The molecule has 0 spiro atoms. The molecule has 2 aliphatic heterocycles. The van der Waals surface area contributed by atoms with Crippen molar-refractivity contribution in [1.29, 1.82) is 0 Å². The first-order valence-corrected chi connectivity index (χ1v) is 8.62. The molecule has 4 rings (SSSR count). The van der Waals surface area contributed by atoms with Gasteiger partial charge >= 0.3 is 6.09 Å². The van der Waals surface area contributed by atoms with Crippen molar-refractivity contribution in [3.8, 4) is 0 Å². The fraction of sp³-hybridized carbons (Fsp3) is 0.350. The number of nitrogens with one attached hydrogen (secondary N) is 1. The number of para-hydroxylation sites is 1. The van der Waals surface area contributed by atoms with Crippen LogP contribution in [0.25, 0.3) is 0 Å². The summed E-state index contributed by atoms with van der Waals surface area (Å²) in [7, 11) is 0. The predicted octanol–water partition coefficient (Wildman–Crippen LogP) is 4.00. The molecule has 0 unspecified atom stereocenters. The van der Waals surface area contributed by atoms with Crippen LogP contribution in [0.1, 0.15) is 29.9 Å². The van der Waals surface area contributed by atoms with Crippen molar-refractivity contribution in [2.24, 2.45) is 0 Å². The van der Waals surface area contributed by atoms with Crippen LogP contribution in [-0.4, -0.2) is 30.1 Å². The first-order chi connectivity index (χ1) is 11.8. The van der Waals surface area contributed by atoms with E-state index in [1.807, 2.05) is 35.2 Å². The number of fused-ring (bicyclic) bond motifs is 3. The number of rotatable bonds is 2. The molecule has 0 bridgehead atoms. The van der Waals surface area contributed by atoms with Gasteiger partial charge in [-0.2, -0.15) is 0 Å². The molecule has 4 nitrogen and oxygen atoms in total. The Morgan fingerprint density at radius 2 is 1.92 bits per heavy atom. The van der Waals surface area contributed by atoms with Crippen LogP contribution in [-0.2, 0) is 11.3 Å². The SMILES string of the molecule is O=C(OCc1ccccc1)N1CCC[C@H]2c3ccccc3N[C@@H]2C1. The van der Waals surface area contributed by atoms with E-state index in [1.165, 1.54) is 11.3 Å². The molecule has 124 valence electrons. The van der Waals surface area contributed by atoms with E-state index in [4.69, 9.17) is 4.74 Å². The van der Waals surface area contributed by atoms with Crippen molar-refractivity contribution in [3.63, 3.8) is 0 Å². The summed E-state index contributed by atoms with van der Waals surface area (Å²) < 4.78 is 5.51. The van der Waals surface area contributed by atoms with E-state index in [0.717, 1.165) is 24.9 Å². The van der Waals surface area contributed by atoms with Crippen molar-refractivity contribution in [2.45, 2.75) is 31.4 Å². The van der Waals surface area contributed by atoms with E-state index >= 15 is 0 Å². The maximum Gasteiger partial charge on any atom is 0.410 e. The van der Waals surface area contributed by atoms with Crippen LogP contribution in [0.3, 0.4) is 0 Å². The molecule has 2 aromatic rings. The van der Waals surface area contributed by atoms with Crippen LogP contribution < -0.4 is 5.32 Å². The fourth-order valence-corrected chi connectivity index (χ4v) is 3.81. The van der Waals surface area contributed by atoms with Crippen molar-refractivity contribution in [3.05, 3.63) is 65.7 Å². The number of carbonyl (C=O) groups excluding carboxylic acids is 1. The molecule has 0 aromatic heterocycles. The Morgan fingerprint density at radius 1 is 1.12 bits per heavy atom. The predicted molar refractivity (Wildman–Crippen MR) is 94.0 cm³/mol. The van der Waals surface area contributed by atoms with Gasteiger partial charge in [0.05, 0.1) is 6.04 Å². The number of nitrogens with zero attached hydrogens (tertiary/aromatic N) is 1. The van der Waals surface area contributed by atoms with Gasteiger partial charge in [0.1, 0.15) is 6.61 Å². The van der Waals surface area contributed by atoms with E-state index in [0.29, 0.717) is 19.1 Å². The van der Waals surface area contributed by atoms with Crippen molar-refractivity contribution in [1.82, 2.24) is 4.90 Å². The molecule has 4 heteroatoms. The van der Waals surface area contributed by atoms with E-state index in [2.05, 4.69) is 29.6 Å². The summed E-state index contributed by atoms with van der Waals surface area (Å²) in [6, 6.07) is 18.6. The average Bonchev–Trinajstić information content (AvgIpc) is 2.83. The number of carbonyl (C=O) groups is 1. The standard InChI is InChI=1S/C20H22N2O2/c23-20(24-14-15-7-2-1-3-8-15)22-12-6-10-17-16-9-4-5-11-18(16)21-19(17)13-22/h1-5,7-9,11,17,19,21H,6,10,12-14H2/t17-,19+/m0/s1. The summed E-state index contributed by atoms with van der Waals surface area (Å²) in [4.78, 5) is 14.3. The molecule has 24 heavy (non-hydrogen) atoms. The first kappa shape index (κ1) is 15.1. The van der Waals surface area contributed by atoms with Gasteiger partial charge in [0.2, 0.25) is 0 Å². The summed E-state index contributed by atoms with van der Waals surface area (Å²) in [5, 5.41) is 3.59. The zero-order valence-electron chi connectivity index (χ0n) is 13.7. The Morgan fingerprint density at radius 3 is 2.79 bits per heavy atom. The summed E-state index contributed by atoms with van der Waals surface area (Å²) in [6.45, 7) is 1.80. The number of anilines is 1. The van der Waals surface area contributed by atoms with Gasteiger partial charge in [0, 0.05) is 24.7 Å². The molecule has 1 fully saturated rings. The van der Waals surface area contributed by atoms with E-state index in [9.17, 15) is 4.79 Å². The summed E-state index contributed by atoms with van der Waals surface area (Å²) in [6.07, 6.45) is 1.91. The van der Waals surface area contributed by atoms with Gasteiger partial charge in [-0.1, -0.05) is 48.5 Å². The van der Waals surface area contributed by atoms with Crippen LogP contribution >= 0.6 is 0 Å². The highest BCUT2D eigenvalue weighted by molar-refractivity contribution is 5.68. The Balaban J connectivity index is 1.40. The second-order valence-corrected chi connectivity index (χ2v) is 6.57. The largest absolute Gasteiger partial charge is 0.445 e. The Kier molecular flexibility index (Phi) is 4.11. The highest BCUT2D eigenvalue weighted by Gasteiger charge is 2.36. The second kappa shape index (κ2) is 6.56. The van der Waals surface area contributed by atoms with Gasteiger partial charge in [-0.05, 0) is 30.0 Å². The summed E-state index contributed by atoms with van der Waals surface area (Å²) in [5.41, 5.74) is 3.62. The molecule has 2 heterocycles. The molecule has 0 radical (unpaired) electrons. The first-order valence-electron chi connectivity index (χ1n) is 8.62. The number of amides is 1. The summed E-state index contributed by atoms with van der Waals surface area (Å²) in [5.74, 6) is 0.494. The van der Waals surface area contributed by atoms with Gasteiger partial charge < -0.3 is 15.0 Å². The fourth-order valence-electron chi connectivity index (χ4n) is 3.81. The van der Waals surface area contributed by atoms with Crippen molar-refractivity contribution >= 4 is 11.8 Å². The zero-order valence-corrected chi connectivity index (χ0v) is 13.7. The third-order valence-corrected chi connectivity index (χ3v) is 5.01. The maximum atomic E-state index is 12.5. The average molecular weight is 322 g/mol. The van der Waals surface area contributed by atoms with Gasteiger partial charge in [-0.25, -0.2) is 4.79 Å². The molecule has 0 saturated carbocycles. The van der Waals surface area contributed by atoms with E-state index in [-0.39, 0.29) is 12.1 Å². The second-order valence-electron chi connectivity index (χ2n) is 6.57. The lowest BCUT2D eigenvalue weighted by Gasteiger charge is -2.24. The lowest BCUT2D eigenvalue weighted by atomic mass is 9.91. The van der Waals surface area contributed by atoms with Gasteiger partial charge in [0.15, 0.2) is 0 Å². The number of benzene rings is 2. The molecule has 0 aliphatic carbocycles. The molecular formula is C20H22N2O2.